The molecule has 1 unspecified atom stereocenters. The number of hydrogen-bond acceptors (Lipinski definition) is 4. The van der Waals surface area contributed by atoms with E-state index in [2.05, 4.69) is 11.6 Å². The molecule has 0 aliphatic heterocycles. The number of halogens is 4. The molecule has 0 spiro atoms. The zero-order valence-corrected chi connectivity index (χ0v) is 13.8. The molecule has 8 heteroatoms. The van der Waals surface area contributed by atoms with Crippen molar-refractivity contribution in [3.8, 4) is 0 Å². The van der Waals surface area contributed by atoms with E-state index in [0.717, 1.165) is 18.6 Å². The number of aliphatic hydroxyl groups is 2. The van der Waals surface area contributed by atoms with Gasteiger partial charge in [-0.15, -0.1) is 0 Å². The molecule has 0 saturated carbocycles. The molecular formula is C15H23F4NO2S. The minimum Gasteiger partial charge on any atom is -0.396 e. The lowest BCUT2D eigenvalue weighted by Crippen LogP contribution is -2.17. The highest BCUT2D eigenvalue weighted by atomic mass is 32.2. The van der Waals surface area contributed by atoms with Crippen molar-refractivity contribution in [2.75, 3.05) is 19.0 Å². The molecule has 0 aliphatic rings. The van der Waals surface area contributed by atoms with E-state index in [9.17, 15) is 17.6 Å². The quantitative estimate of drug-likeness (QED) is 0.376. The summed E-state index contributed by atoms with van der Waals surface area (Å²) < 4.78 is 48.4. The van der Waals surface area contributed by atoms with E-state index < -0.39 is 12.8 Å². The average Bonchev–Trinajstić information content (AvgIpc) is 2.51. The van der Waals surface area contributed by atoms with E-state index in [-0.39, 0.29) is 18.5 Å². The third-order valence-corrected chi connectivity index (χ3v) is 3.65. The summed E-state index contributed by atoms with van der Waals surface area (Å²) in [6.45, 7) is 0.468. The van der Waals surface area contributed by atoms with E-state index in [1.807, 2.05) is 6.07 Å². The topological polar surface area (TPSA) is 52.5 Å². The van der Waals surface area contributed by atoms with Crippen molar-refractivity contribution in [3.63, 3.8) is 0 Å². The molecule has 1 rings (SSSR count). The highest BCUT2D eigenvalue weighted by molar-refractivity contribution is 7.97. The first kappa shape index (κ1) is 22.2. The summed E-state index contributed by atoms with van der Waals surface area (Å²) in [5.41, 5.74) is 0.630. The van der Waals surface area contributed by atoms with Gasteiger partial charge in [-0.2, -0.15) is 13.2 Å². The van der Waals surface area contributed by atoms with Gasteiger partial charge in [0.15, 0.2) is 0 Å². The van der Waals surface area contributed by atoms with Crippen molar-refractivity contribution in [1.82, 2.24) is 4.72 Å². The van der Waals surface area contributed by atoms with E-state index in [0.29, 0.717) is 12.0 Å². The predicted molar refractivity (Wildman–Crippen MR) is 84.5 cm³/mol. The fraction of sp³-hybridized carbons (Fsp3) is 0.600. The summed E-state index contributed by atoms with van der Waals surface area (Å²) in [6, 6.07) is 6.60. The van der Waals surface area contributed by atoms with Gasteiger partial charge in [0, 0.05) is 24.0 Å². The number of aliphatic hydroxyl groups excluding tert-OH is 2. The van der Waals surface area contributed by atoms with Crippen LogP contribution >= 0.6 is 11.9 Å². The molecule has 0 bridgehead atoms. The average molecular weight is 357 g/mol. The van der Waals surface area contributed by atoms with E-state index >= 15 is 0 Å². The zero-order chi connectivity index (χ0) is 17.7. The van der Waals surface area contributed by atoms with E-state index in [1.54, 1.807) is 24.1 Å². The molecule has 0 fully saturated rings. The van der Waals surface area contributed by atoms with Gasteiger partial charge in [0.05, 0.1) is 0 Å². The maximum Gasteiger partial charge on any atom is 0.411 e. The Balaban J connectivity index is 0.000000688. The van der Waals surface area contributed by atoms with Crippen LogP contribution in [0.3, 0.4) is 0 Å². The Hall–Kier alpha value is -0.830. The van der Waals surface area contributed by atoms with Crippen LogP contribution in [0.5, 0.6) is 0 Å². The highest BCUT2D eigenvalue weighted by Gasteiger charge is 2.24. The Kier molecular flexibility index (Phi) is 12.1. The van der Waals surface area contributed by atoms with Gasteiger partial charge in [-0.1, -0.05) is 43.5 Å². The summed E-state index contributed by atoms with van der Waals surface area (Å²) in [6.07, 6.45) is -1.58. The van der Waals surface area contributed by atoms with E-state index in [4.69, 9.17) is 10.2 Å². The minimum absolute atomic E-state index is 0.0559. The van der Waals surface area contributed by atoms with Gasteiger partial charge < -0.3 is 10.2 Å². The Morgan fingerprint density at radius 3 is 2.30 bits per heavy atom. The van der Waals surface area contributed by atoms with Crippen molar-refractivity contribution in [1.29, 1.82) is 0 Å². The number of rotatable bonds is 8. The van der Waals surface area contributed by atoms with Crippen LogP contribution in [0.15, 0.2) is 24.3 Å². The molecular weight excluding hydrogens is 334 g/mol. The third kappa shape index (κ3) is 11.4. The van der Waals surface area contributed by atoms with Crippen molar-refractivity contribution in [2.45, 2.75) is 38.4 Å². The summed E-state index contributed by atoms with van der Waals surface area (Å²) in [4.78, 5) is 0. The van der Waals surface area contributed by atoms with Crippen LogP contribution in [0.2, 0.25) is 0 Å². The number of hydrogen-bond donors (Lipinski definition) is 3. The molecule has 0 aliphatic carbocycles. The molecule has 3 N–H and O–H groups in total. The molecule has 0 heterocycles. The molecule has 3 nitrogen and oxygen atoms in total. The molecule has 0 amide bonds. The number of nitrogens with one attached hydrogen (secondary N) is 1. The second-order valence-electron chi connectivity index (χ2n) is 4.68. The van der Waals surface area contributed by atoms with Gasteiger partial charge in [0.25, 0.3) is 0 Å². The van der Waals surface area contributed by atoms with Gasteiger partial charge in [0.1, 0.15) is 12.4 Å². The summed E-state index contributed by atoms with van der Waals surface area (Å²) in [5.74, 6) is 0.793. The van der Waals surface area contributed by atoms with Crippen LogP contribution in [0.4, 0.5) is 17.6 Å². The van der Waals surface area contributed by atoms with Gasteiger partial charge >= 0.3 is 6.18 Å². The Morgan fingerprint density at radius 2 is 1.83 bits per heavy atom. The molecule has 0 radical (unpaired) electrons. The standard InChI is InChI=1S/C13H20FNOS.C2H3F3O/c1-2-3-10-17-15-13(8-9-16)11-6-4-5-7-12(11)14;3-2(4,5)1-6/h4-7,13,15-16H,2-3,8-10H2,1H3;6H,1H2. The van der Waals surface area contributed by atoms with Gasteiger partial charge in [-0.05, 0) is 18.9 Å². The first-order chi connectivity index (χ1) is 10.9. The second-order valence-corrected chi connectivity index (χ2v) is 5.61. The lowest BCUT2D eigenvalue weighted by Gasteiger charge is -2.18. The minimum atomic E-state index is -4.40. The van der Waals surface area contributed by atoms with E-state index in [1.165, 1.54) is 6.07 Å². The number of unbranched alkanes of at least 4 members (excludes halogenated alkanes) is 1. The normalized spacial score (nSPS) is 12.5. The smallest absolute Gasteiger partial charge is 0.396 e. The molecule has 1 aromatic rings. The molecule has 23 heavy (non-hydrogen) atoms. The zero-order valence-electron chi connectivity index (χ0n) is 12.9. The second kappa shape index (κ2) is 12.6. The third-order valence-electron chi connectivity index (χ3n) is 2.70. The SMILES string of the molecule is CCCCSNC(CCO)c1ccccc1F.OCC(F)(F)F. The van der Waals surface area contributed by atoms with Crippen LogP contribution < -0.4 is 4.72 Å². The van der Waals surface area contributed by atoms with Gasteiger partial charge in [-0.3, -0.25) is 4.72 Å². The van der Waals surface area contributed by atoms with Crippen LogP contribution in [0.1, 0.15) is 37.8 Å². The fourth-order valence-electron chi connectivity index (χ4n) is 1.54. The summed E-state index contributed by atoms with van der Waals surface area (Å²) in [7, 11) is 0. The number of benzene rings is 1. The lowest BCUT2D eigenvalue weighted by molar-refractivity contribution is -0.159. The molecule has 0 aromatic heterocycles. The Morgan fingerprint density at radius 1 is 1.22 bits per heavy atom. The van der Waals surface area contributed by atoms with Crippen LogP contribution in [-0.2, 0) is 0 Å². The maximum atomic E-state index is 13.6. The lowest BCUT2D eigenvalue weighted by atomic mass is 10.0. The van der Waals surface area contributed by atoms with Crippen LogP contribution in [-0.4, -0.2) is 35.4 Å². The van der Waals surface area contributed by atoms with Crippen molar-refractivity contribution >= 4 is 11.9 Å². The van der Waals surface area contributed by atoms with Crippen LogP contribution in [0, 0.1) is 5.82 Å². The van der Waals surface area contributed by atoms with Gasteiger partial charge in [0.2, 0.25) is 0 Å². The first-order valence-electron chi connectivity index (χ1n) is 7.25. The monoisotopic (exact) mass is 357 g/mol. The molecule has 0 saturated heterocycles. The molecule has 134 valence electrons. The molecule has 1 atom stereocenters. The molecule has 1 aromatic carbocycles. The summed E-state index contributed by atoms with van der Waals surface area (Å²) >= 11 is 1.60. The largest absolute Gasteiger partial charge is 0.411 e. The number of alkyl halides is 3. The van der Waals surface area contributed by atoms with Gasteiger partial charge in [-0.25, -0.2) is 4.39 Å². The van der Waals surface area contributed by atoms with Crippen molar-refractivity contribution < 1.29 is 27.8 Å². The van der Waals surface area contributed by atoms with Crippen molar-refractivity contribution in [3.05, 3.63) is 35.6 Å². The Labute approximate surface area is 138 Å². The maximum absolute atomic E-state index is 13.6. The highest BCUT2D eigenvalue weighted by Crippen LogP contribution is 2.22. The van der Waals surface area contributed by atoms with Crippen molar-refractivity contribution in [2.24, 2.45) is 0 Å². The van der Waals surface area contributed by atoms with Crippen LogP contribution in [0.25, 0.3) is 0 Å². The predicted octanol–water partition coefficient (Wildman–Crippen LogP) is 3.83. The first-order valence-corrected chi connectivity index (χ1v) is 8.24. The summed E-state index contributed by atoms with van der Waals surface area (Å²) in [5, 5.41) is 16.3. The Bertz CT molecular complexity index is 419. The fourth-order valence-corrected chi connectivity index (χ4v) is 2.54.